The first kappa shape index (κ1) is 12.2. The van der Waals surface area contributed by atoms with Gasteiger partial charge in [-0.25, -0.2) is 4.98 Å². The molecule has 0 N–H and O–H groups in total. The van der Waals surface area contributed by atoms with Gasteiger partial charge in [0.2, 0.25) is 0 Å². The molecule has 0 saturated heterocycles. The van der Waals surface area contributed by atoms with Crippen molar-refractivity contribution in [1.82, 2.24) is 9.38 Å². The topological polar surface area (TPSA) is 56.7 Å². The van der Waals surface area contributed by atoms with Crippen LogP contribution in [0.15, 0.2) is 40.3 Å². The van der Waals surface area contributed by atoms with E-state index in [1.54, 1.807) is 11.5 Å². The molecule has 0 aliphatic heterocycles. The quantitative estimate of drug-likeness (QED) is 0.542. The monoisotopic (exact) mass is 298 g/mol. The maximum absolute atomic E-state index is 11.4. The highest BCUT2D eigenvalue weighted by molar-refractivity contribution is 7.15. The summed E-state index contributed by atoms with van der Waals surface area (Å²) in [6.45, 7) is 0. The number of furan rings is 1. The second-order valence-electron chi connectivity index (χ2n) is 4.53. The van der Waals surface area contributed by atoms with Crippen LogP contribution in [0.2, 0.25) is 0 Å². The number of methoxy groups -OCH3 is 1. The fraction of sp³-hybridized carbons (Fsp3) is 0.0667. The van der Waals surface area contributed by atoms with Crippen molar-refractivity contribution in [3.8, 4) is 17.2 Å². The zero-order valence-electron chi connectivity index (χ0n) is 11.1. The molecular weight excluding hydrogens is 288 g/mol. The minimum Gasteiger partial charge on any atom is -0.497 e. The summed E-state index contributed by atoms with van der Waals surface area (Å²) in [5, 5.41) is 2.84. The fourth-order valence-corrected chi connectivity index (χ4v) is 3.07. The first-order chi connectivity index (χ1) is 10.3. The normalized spacial score (nSPS) is 11.3. The van der Waals surface area contributed by atoms with Gasteiger partial charge in [0.15, 0.2) is 17.0 Å². The van der Waals surface area contributed by atoms with Crippen LogP contribution in [-0.4, -0.2) is 22.8 Å². The molecule has 0 unspecified atom stereocenters. The molecule has 21 heavy (non-hydrogen) atoms. The number of carbonyl (C=O) groups is 1. The number of aromatic nitrogens is 2. The molecule has 1 aromatic carbocycles. The summed E-state index contributed by atoms with van der Waals surface area (Å²) < 4.78 is 12.8. The van der Waals surface area contributed by atoms with E-state index in [9.17, 15) is 4.79 Å². The lowest BCUT2D eigenvalue weighted by molar-refractivity contribution is 0.111. The van der Waals surface area contributed by atoms with Crippen molar-refractivity contribution in [2.75, 3.05) is 7.11 Å². The van der Waals surface area contributed by atoms with E-state index in [1.165, 1.54) is 11.3 Å². The van der Waals surface area contributed by atoms with Crippen LogP contribution in [0.25, 0.3) is 27.4 Å². The van der Waals surface area contributed by atoms with Crippen molar-refractivity contribution < 1.29 is 13.9 Å². The predicted octanol–water partition coefficient (Wildman–Crippen LogP) is 3.63. The Hall–Kier alpha value is -2.60. The van der Waals surface area contributed by atoms with E-state index >= 15 is 0 Å². The second kappa shape index (κ2) is 4.46. The third-order valence-electron chi connectivity index (χ3n) is 3.37. The molecule has 0 aliphatic rings. The van der Waals surface area contributed by atoms with Crippen LogP contribution in [0.1, 0.15) is 10.5 Å². The number of rotatable bonds is 3. The largest absolute Gasteiger partial charge is 0.497 e. The van der Waals surface area contributed by atoms with E-state index < -0.39 is 0 Å². The molecule has 3 aromatic heterocycles. The van der Waals surface area contributed by atoms with Crippen molar-refractivity contribution in [3.05, 3.63) is 41.5 Å². The number of ether oxygens (including phenoxy) is 1. The molecule has 104 valence electrons. The van der Waals surface area contributed by atoms with Crippen molar-refractivity contribution >= 4 is 33.6 Å². The summed E-state index contributed by atoms with van der Waals surface area (Å²) in [4.78, 5) is 16.6. The molecule has 5 nitrogen and oxygen atoms in total. The van der Waals surface area contributed by atoms with Gasteiger partial charge in [-0.2, -0.15) is 0 Å². The molecule has 4 rings (SSSR count). The minimum absolute atomic E-state index is 0.497. The summed E-state index contributed by atoms with van der Waals surface area (Å²) in [5.74, 6) is 1.31. The van der Waals surface area contributed by atoms with Crippen LogP contribution in [-0.2, 0) is 0 Å². The van der Waals surface area contributed by atoms with Crippen LogP contribution in [0.3, 0.4) is 0 Å². The third kappa shape index (κ3) is 1.76. The van der Waals surface area contributed by atoms with Crippen molar-refractivity contribution in [3.63, 3.8) is 0 Å². The minimum atomic E-state index is 0.497. The number of thiazole rings is 1. The van der Waals surface area contributed by atoms with Gasteiger partial charge < -0.3 is 9.15 Å². The molecule has 0 saturated carbocycles. The highest BCUT2D eigenvalue weighted by atomic mass is 32.1. The van der Waals surface area contributed by atoms with Gasteiger partial charge in [-0.05, 0) is 18.2 Å². The standard InChI is InChI=1S/C15H10N2O3S/c1-19-10-3-2-9-6-13(20-12(9)7-10)14-11(8-18)17-4-5-21-15(17)16-14/h2-8H,1H3. The number of fused-ring (bicyclic) bond motifs is 2. The van der Waals surface area contributed by atoms with Crippen LogP contribution in [0.4, 0.5) is 0 Å². The SMILES string of the molecule is COc1ccc2cc(-c3nc4sccn4c3C=O)oc2c1. The molecular formula is C15H10N2O3S. The van der Waals surface area contributed by atoms with E-state index in [0.717, 1.165) is 22.4 Å². The van der Waals surface area contributed by atoms with Gasteiger partial charge in [-0.1, -0.05) is 0 Å². The Morgan fingerprint density at radius 1 is 1.38 bits per heavy atom. The molecule has 0 amide bonds. The van der Waals surface area contributed by atoms with Crippen molar-refractivity contribution in [1.29, 1.82) is 0 Å². The number of hydrogen-bond donors (Lipinski definition) is 0. The first-order valence-electron chi connectivity index (χ1n) is 6.29. The first-order valence-corrected chi connectivity index (χ1v) is 7.17. The van der Waals surface area contributed by atoms with E-state index in [4.69, 9.17) is 9.15 Å². The lowest BCUT2D eigenvalue weighted by atomic mass is 10.2. The van der Waals surface area contributed by atoms with Gasteiger partial charge in [-0.3, -0.25) is 9.20 Å². The fourth-order valence-electron chi connectivity index (χ4n) is 2.35. The van der Waals surface area contributed by atoms with Gasteiger partial charge in [0.05, 0.1) is 7.11 Å². The van der Waals surface area contributed by atoms with Crippen LogP contribution in [0, 0.1) is 0 Å². The maximum Gasteiger partial charge on any atom is 0.194 e. The average molecular weight is 298 g/mol. The second-order valence-corrected chi connectivity index (χ2v) is 5.41. The average Bonchev–Trinajstić information content (AvgIpc) is 3.18. The van der Waals surface area contributed by atoms with E-state index in [-0.39, 0.29) is 0 Å². The zero-order valence-corrected chi connectivity index (χ0v) is 11.9. The lowest BCUT2D eigenvalue weighted by Crippen LogP contribution is -1.88. The summed E-state index contributed by atoms with van der Waals surface area (Å²) >= 11 is 1.48. The number of hydrogen-bond acceptors (Lipinski definition) is 5. The van der Waals surface area contributed by atoms with E-state index in [1.807, 2.05) is 35.8 Å². The molecule has 0 aliphatic carbocycles. The molecule has 0 fully saturated rings. The number of carbonyl (C=O) groups excluding carboxylic acids is 1. The van der Waals surface area contributed by atoms with Gasteiger partial charge in [0.25, 0.3) is 0 Å². The Labute approximate surface area is 123 Å². The lowest BCUT2D eigenvalue weighted by Gasteiger charge is -1.96. The van der Waals surface area contributed by atoms with Crippen LogP contribution in [0.5, 0.6) is 5.75 Å². The smallest absolute Gasteiger partial charge is 0.194 e. The van der Waals surface area contributed by atoms with Gasteiger partial charge in [-0.15, -0.1) is 11.3 Å². The van der Waals surface area contributed by atoms with Gasteiger partial charge in [0, 0.05) is 23.0 Å². The summed E-state index contributed by atoms with van der Waals surface area (Å²) in [5.41, 5.74) is 1.77. The number of nitrogens with zero attached hydrogens (tertiary/aromatic N) is 2. The van der Waals surface area contributed by atoms with E-state index in [0.29, 0.717) is 22.7 Å². The number of benzene rings is 1. The maximum atomic E-state index is 11.4. The highest BCUT2D eigenvalue weighted by Gasteiger charge is 2.18. The summed E-state index contributed by atoms with van der Waals surface area (Å²) in [6.07, 6.45) is 2.63. The molecule has 3 heterocycles. The van der Waals surface area contributed by atoms with E-state index in [2.05, 4.69) is 4.98 Å². The summed E-state index contributed by atoms with van der Waals surface area (Å²) in [6, 6.07) is 7.49. The molecule has 6 heteroatoms. The summed E-state index contributed by atoms with van der Waals surface area (Å²) in [7, 11) is 1.61. The Balaban J connectivity index is 1.95. The number of imidazole rings is 1. The number of aldehydes is 1. The molecule has 0 bridgehead atoms. The predicted molar refractivity (Wildman–Crippen MR) is 80.2 cm³/mol. The highest BCUT2D eigenvalue weighted by Crippen LogP contribution is 2.32. The Morgan fingerprint density at radius 3 is 3.10 bits per heavy atom. The zero-order chi connectivity index (χ0) is 14.4. The Bertz CT molecular complexity index is 964. The molecule has 4 aromatic rings. The molecule has 0 spiro atoms. The van der Waals surface area contributed by atoms with Crippen LogP contribution >= 0.6 is 11.3 Å². The van der Waals surface area contributed by atoms with Crippen molar-refractivity contribution in [2.45, 2.75) is 0 Å². The Kier molecular flexibility index (Phi) is 2.58. The van der Waals surface area contributed by atoms with Crippen molar-refractivity contribution in [2.24, 2.45) is 0 Å². The molecule has 0 atom stereocenters. The third-order valence-corrected chi connectivity index (χ3v) is 4.13. The Morgan fingerprint density at radius 2 is 2.29 bits per heavy atom. The molecule has 0 radical (unpaired) electrons. The van der Waals surface area contributed by atoms with Crippen LogP contribution < -0.4 is 4.74 Å². The van der Waals surface area contributed by atoms with Gasteiger partial charge >= 0.3 is 0 Å². The van der Waals surface area contributed by atoms with Gasteiger partial charge in [0.1, 0.15) is 22.7 Å².